The fraction of sp³-hybridized carbons (Fsp3) is 0.0833. The minimum atomic E-state index is -3.78. The van der Waals surface area contributed by atoms with E-state index in [2.05, 4.69) is 25.7 Å². The number of carbonyl (C=O) groups excluding carboxylic acids is 2. The largest absolute Gasteiger partial charge is 0.450 e. The minimum absolute atomic E-state index is 0.0735. The van der Waals surface area contributed by atoms with E-state index >= 15 is 0 Å². The van der Waals surface area contributed by atoms with Crippen molar-refractivity contribution in [2.24, 2.45) is 0 Å². The van der Waals surface area contributed by atoms with Crippen LogP contribution in [0.25, 0.3) is 0 Å². The van der Waals surface area contributed by atoms with Gasteiger partial charge in [-0.1, -0.05) is 6.07 Å². The average molecular weight is 526 g/mol. The molecule has 12 heteroatoms. The third kappa shape index (κ3) is 7.89. The van der Waals surface area contributed by atoms with Gasteiger partial charge in [-0.05, 0) is 79.8 Å². The molecule has 1 aromatic heterocycles. The molecule has 3 rings (SSSR count). The first kappa shape index (κ1) is 26.3. The number of ether oxygens (including phenoxy) is 1. The van der Waals surface area contributed by atoms with E-state index in [1.165, 1.54) is 30.6 Å². The number of nitrogens with one attached hydrogen (secondary N) is 4. The van der Waals surface area contributed by atoms with E-state index < -0.39 is 16.1 Å². The van der Waals surface area contributed by atoms with Gasteiger partial charge in [-0.15, -0.1) is 0 Å². The molecule has 0 saturated carbocycles. The van der Waals surface area contributed by atoms with Gasteiger partial charge in [-0.25, -0.2) is 18.2 Å². The summed E-state index contributed by atoms with van der Waals surface area (Å²) in [7, 11) is -3.78. The highest BCUT2D eigenvalue weighted by Crippen LogP contribution is 2.18. The second-order valence-corrected chi connectivity index (χ2v) is 9.15. The standard InChI is InChI=1S/C24H23N5O5S2/c1-2-34-24(31)26-16-14-21(30)17-6-8-18(9-7-17)27-23(35)28-19-10-12-20(13-11-19)36(32,33)29-22-5-3-4-15-25-22/h3-16H,2H2,1H3,(H,25,29)(H,26,31)(H2,27,28,35)/b16-14+. The summed E-state index contributed by atoms with van der Waals surface area (Å²) in [6.07, 6.45) is 3.30. The Hall–Kier alpha value is -4.29. The van der Waals surface area contributed by atoms with Crippen LogP contribution >= 0.6 is 12.2 Å². The summed E-state index contributed by atoms with van der Waals surface area (Å²) in [6, 6.07) is 17.5. The second kappa shape index (κ2) is 12.4. The Balaban J connectivity index is 1.53. The molecule has 36 heavy (non-hydrogen) atoms. The maximum absolute atomic E-state index is 12.5. The van der Waals surface area contributed by atoms with Gasteiger partial charge in [0.2, 0.25) is 0 Å². The molecule has 3 aromatic rings. The Kier molecular flexibility index (Phi) is 9.08. The van der Waals surface area contributed by atoms with Crippen LogP contribution in [0.2, 0.25) is 0 Å². The first-order valence-corrected chi connectivity index (χ1v) is 12.5. The van der Waals surface area contributed by atoms with Crippen LogP contribution in [0, 0.1) is 0 Å². The van der Waals surface area contributed by atoms with Gasteiger partial charge in [0.05, 0.1) is 11.5 Å². The van der Waals surface area contributed by atoms with Crippen molar-refractivity contribution in [3.05, 3.63) is 90.8 Å². The average Bonchev–Trinajstić information content (AvgIpc) is 2.85. The zero-order chi connectivity index (χ0) is 26.0. The number of sulfonamides is 1. The van der Waals surface area contributed by atoms with Crippen LogP contribution < -0.4 is 20.7 Å². The fourth-order valence-corrected chi connectivity index (χ4v) is 4.05. The summed E-state index contributed by atoms with van der Waals surface area (Å²) in [5, 5.41) is 8.55. The van der Waals surface area contributed by atoms with Gasteiger partial charge >= 0.3 is 6.09 Å². The number of hydrogen-bond acceptors (Lipinski definition) is 7. The van der Waals surface area contributed by atoms with Crippen molar-refractivity contribution in [2.75, 3.05) is 22.0 Å². The first-order chi connectivity index (χ1) is 17.3. The normalized spacial score (nSPS) is 10.9. The van der Waals surface area contributed by atoms with Crippen molar-refractivity contribution < 1.29 is 22.7 Å². The number of rotatable bonds is 9. The van der Waals surface area contributed by atoms with Crippen LogP contribution in [0.5, 0.6) is 0 Å². The van der Waals surface area contributed by atoms with Crippen molar-refractivity contribution in [1.82, 2.24) is 10.3 Å². The van der Waals surface area contributed by atoms with Crippen molar-refractivity contribution in [1.29, 1.82) is 0 Å². The lowest BCUT2D eigenvalue weighted by Gasteiger charge is -2.12. The molecule has 0 saturated heterocycles. The maximum Gasteiger partial charge on any atom is 0.411 e. The predicted octanol–water partition coefficient (Wildman–Crippen LogP) is 4.13. The molecular formula is C24H23N5O5S2. The molecule has 1 amide bonds. The Labute approximate surface area is 213 Å². The molecule has 0 fully saturated rings. The van der Waals surface area contributed by atoms with Gasteiger partial charge < -0.3 is 15.4 Å². The molecule has 0 unspecified atom stereocenters. The number of alkyl carbamates (subject to hydrolysis) is 1. The Bertz CT molecular complexity index is 1340. The lowest BCUT2D eigenvalue weighted by Crippen LogP contribution is -2.19. The van der Waals surface area contributed by atoms with E-state index in [4.69, 9.17) is 17.0 Å². The zero-order valence-electron chi connectivity index (χ0n) is 19.1. The van der Waals surface area contributed by atoms with Crippen LogP contribution in [-0.4, -0.2) is 37.0 Å². The van der Waals surface area contributed by atoms with E-state index in [9.17, 15) is 18.0 Å². The fourth-order valence-electron chi connectivity index (χ4n) is 2.80. The van der Waals surface area contributed by atoms with Gasteiger partial charge in [0.25, 0.3) is 10.0 Å². The number of allylic oxidation sites excluding steroid dienone is 1. The van der Waals surface area contributed by atoms with Crippen LogP contribution in [-0.2, 0) is 14.8 Å². The van der Waals surface area contributed by atoms with Crippen molar-refractivity contribution in [3.63, 3.8) is 0 Å². The Morgan fingerprint density at radius 3 is 2.19 bits per heavy atom. The molecule has 0 spiro atoms. The van der Waals surface area contributed by atoms with Crippen molar-refractivity contribution >= 4 is 56.4 Å². The summed E-state index contributed by atoms with van der Waals surface area (Å²) < 4.78 is 32.1. The van der Waals surface area contributed by atoms with Gasteiger partial charge in [0.15, 0.2) is 10.9 Å². The molecule has 2 aromatic carbocycles. The SMILES string of the molecule is CCOC(=O)N/C=C/C(=O)c1ccc(NC(=S)Nc2ccc(S(=O)(=O)Nc3ccccn3)cc2)cc1. The summed E-state index contributed by atoms with van der Waals surface area (Å²) in [4.78, 5) is 27.4. The molecule has 0 radical (unpaired) electrons. The third-order valence-electron chi connectivity index (χ3n) is 4.46. The molecule has 1 heterocycles. The number of benzene rings is 2. The van der Waals surface area contributed by atoms with E-state index in [-0.39, 0.29) is 28.2 Å². The van der Waals surface area contributed by atoms with Gasteiger partial charge in [0.1, 0.15) is 5.82 Å². The lowest BCUT2D eigenvalue weighted by molar-refractivity contribution is 0.104. The number of anilines is 3. The molecule has 0 aliphatic heterocycles. The van der Waals surface area contributed by atoms with Gasteiger partial charge in [0, 0.05) is 35.4 Å². The first-order valence-electron chi connectivity index (χ1n) is 10.6. The van der Waals surface area contributed by atoms with Crippen LogP contribution in [0.15, 0.2) is 90.1 Å². The molecular weight excluding hydrogens is 502 g/mol. The predicted molar refractivity (Wildman–Crippen MR) is 141 cm³/mol. The topological polar surface area (TPSA) is 139 Å². The van der Waals surface area contributed by atoms with Gasteiger partial charge in [-0.3, -0.25) is 14.8 Å². The number of aromatic nitrogens is 1. The zero-order valence-corrected chi connectivity index (χ0v) is 20.7. The maximum atomic E-state index is 12.5. The quantitative estimate of drug-likeness (QED) is 0.184. The molecule has 4 N–H and O–H groups in total. The number of hydrogen-bond donors (Lipinski definition) is 4. The highest BCUT2D eigenvalue weighted by atomic mass is 32.2. The van der Waals surface area contributed by atoms with E-state index in [1.807, 2.05) is 0 Å². The number of nitrogens with zero attached hydrogens (tertiary/aromatic N) is 1. The molecule has 0 bridgehead atoms. The van der Waals surface area contributed by atoms with Crippen molar-refractivity contribution in [3.8, 4) is 0 Å². The highest BCUT2D eigenvalue weighted by molar-refractivity contribution is 7.92. The van der Waals surface area contributed by atoms with Crippen molar-refractivity contribution in [2.45, 2.75) is 11.8 Å². The number of pyridine rings is 1. The molecule has 186 valence electrons. The lowest BCUT2D eigenvalue weighted by atomic mass is 10.1. The van der Waals surface area contributed by atoms with Crippen LogP contribution in [0.4, 0.5) is 22.0 Å². The molecule has 0 aliphatic rings. The smallest absolute Gasteiger partial charge is 0.411 e. The monoisotopic (exact) mass is 525 g/mol. The molecule has 0 atom stereocenters. The summed E-state index contributed by atoms with van der Waals surface area (Å²) >= 11 is 5.31. The molecule has 0 aliphatic carbocycles. The minimum Gasteiger partial charge on any atom is -0.450 e. The summed E-state index contributed by atoms with van der Waals surface area (Å²) in [5.74, 6) is -0.0752. The summed E-state index contributed by atoms with van der Waals surface area (Å²) in [6.45, 7) is 1.91. The second-order valence-electron chi connectivity index (χ2n) is 7.06. The summed E-state index contributed by atoms with van der Waals surface area (Å²) in [5.41, 5.74) is 1.63. The van der Waals surface area contributed by atoms with E-state index in [0.717, 1.165) is 0 Å². The van der Waals surface area contributed by atoms with Gasteiger partial charge in [-0.2, -0.15) is 0 Å². The van der Waals surface area contributed by atoms with Crippen LogP contribution in [0.1, 0.15) is 17.3 Å². The number of carbonyl (C=O) groups is 2. The van der Waals surface area contributed by atoms with E-state index in [0.29, 0.717) is 16.9 Å². The molecule has 10 nitrogen and oxygen atoms in total. The number of thiocarbonyl (C=S) groups is 1. The van der Waals surface area contributed by atoms with E-state index in [1.54, 1.807) is 61.5 Å². The Morgan fingerprint density at radius 1 is 0.972 bits per heavy atom. The van der Waals surface area contributed by atoms with Crippen LogP contribution in [0.3, 0.4) is 0 Å². The Morgan fingerprint density at radius 2 is 1.61 bits per heavy atom. The highest BCUT2D eigenvalue weighted by Gasteiger charge is 2.14. The third-order valence-corrected chi connectivity index (χ3v) is 6.04. The number of ketones is 1. The number of amides is 1.